The van der Waals surface area contributed by atoms with Crippen LogP contribution in [0.15, 0.2) is 23.4 Å². The number of terminal acetylenes is 1. The third-order valence-corrected chi connectivity index (χ3v) is 3.20. The number of benzene rings is 1. The molecule has 0 atom stereocenters. The van der Waals surface area contributed by atoms with E-state index in [-0.39, 0.29) is 0 Å². The number of tetrazole rings is 1. The third-order valence-electron chi connectivity index (χ3n) is 2.38. The van der Waals surface area contributed by atoms with Crippen molar-refractivity contribution in [2.45, 2.75) is 19.0 Å². The second-order valence-corrected chi connectivity index (χ2v) is 4.55. The molecule has 0 bridgehead atoms. The van der Waals surface area contributed by atoms with Crippen molar-refractivity contribution < 1.29 is 0 Å². The summed E-state index contributed by atoms with van der Waals surface area (Å²) in [6.07, 6.45) is 5.24. The summed E-state index contributed by atoms with van der Waals surface area (Å²) in [6, 6.07) is 6.10. The molecule has 86 valence electrons. The van der Waals surface area contributed by atoms with E-state index in [1.807, 2.05) is 32.0 Å². The fourth-order valence-corrected chi connectivity index (χ4v) is 2.21. The van der Waals surface area contributed by atoms with Crippen LogP contribution in [0.4, 0.5) is 0 Å². The van der Waals surface area contributed by atoms with Crippen molar-refractivity contribution in [3.63, 3.8) is 0 Å². The zero-order valence-corrected chi connectivity index (χ0v) is 10.5. The number of aryl methyl sites for hydroxylation is 2. The van der Waals surface area contributed by atoms with Crippen LogP contribution in [0.5, 0.6) is 0 Å². The molecule has 0 fully saturated rings. The quantitative estimate of drug-likeness (QED) is 0.612. The summed E-state index contributed by atoms with van der Waals surface area (Å²) < 4.78 is 1.74. The molecule has 1 aromatic carbocycles. The van der Waals surface area contributed by atoms with E-state index in [0.29, 0.717) is 5.75 Å². The molecular formula is C12H12N4S. The van der Waals surface area contributed by atoms with Crippen LogP contribution in [0.25, 0.3) is 5.69 Å². The van der Waals surface area contributed by atoms with Gasteiger partial charge in [0.1, 0.15) is 0 Å². The average Bonchev–Trinajstić information content (AvgIpc) is 2.74. The first kappa shape index (κ1) is 11.7. The summed E-state index contributed by atoms with van der Waals surface area (Å²) in [6.45, 7) is 4.08. The van der Waals surface area contributed by atoms with Crippen molar-refractivity contribution in [1.82, 2.24) is 20.2 Å². The van der Waals surface area contributed by atoms with Gasteiger partial charge in [0, 0.05) is 0 Å². The van der Waals surface area contributed by atoms with Crippen molar-refractivity contribution in [3.8, 4) is 18.0 Å². The molecule has 5 heteroatoms. The Bertz CT molecular complexity index is 548. The lowest BCUT2D eigenvalue weighted by molar-refractivity contribution is 0.748. The van der Waals surface area contributed by atoms with Gasteiger partial charge in [0.2, 0.25) is 5.16 Å². The van der Waals surface area contributed by atoms with Crippen molar-refractivity contribution >= 4 is 11.8 Å². The van der Waals surface area contributed by atoms with Crippen molar-refractivity contribution in [2.75, 3.05) is 5.75 Å². The van der Waals surface area contributed by atoms with Crippen molar-refractivity contribution in [3.05, 3.63) is 29.3 Å². The number of nitrogens with zero attached hydrogens (tertiary/aromatic N) is 4. The third kappa shape index (κ3) is 2.32. The molecule has 0 unspecified atom stereocenters. The molecule has 0 aliphatic carbocycles. The molecule has 1 aromatic heterocycles. The summed E-state index contributed by atoms with van der Waals surface area (Å²) in [5.41, 5.74) is 3.30. The number of para-hydroxylation sites is 1. The van der Waals surface area contributed by atoms with Gasteiger partial charge in [-0.05, 0) is 35.4 Å². The van der Waals surface area contributed by atoms with Crippen LogP contribution in [0.3, 0.4) is 0 Å². The van der Waals surface area contributed by atoms with Gasteiger partial charge in [-0.25, -0.2) is 0 Å². The van der Waals surface area contributed by atoms with E-state index in [1.165, 1.54) is 11.8 Å². The highest BCUT2D eigenvalue weighted by molar-refractivity contribution is 7.99. The number of thioether (sulfide) groups is 1. The van der Waals surface area contributed by atoms with E-state index in [1.54, 1.807) is 4.68 Å². The van der Waals surface area contributed by atoms with Gasteiger partial charge in [-0.1, -0.05) is 35.9 Å². The molecule has 0 aliphatic rings. The van der Waals surface area contributed by atoms with E-state index >= 15 is 0 Å². The van der Waals surface area contributed by atoms with E-state index in [0.717, 1.165) is 22.0 Å². The van der Waals surface area contributed by atoms with E-state index in [4.69, 9.17) is 6.42 Å². The minimum absolute atomic E-state index is 0.561. The molecule has 0 N–H and O–H groups in total. The normalized spacial score (nSPS) is 10.2. The molecule has 0 saturated heterocycles. The van der Waals surface area contributed by atoms with Gasteiger partial charge in [-0.3, -0.25) is 0 Å². The molecule has 2 rings (SSSR count). The maximum Gasteiger partial charge on any atom is 0.215 e. The Balaban J connectivity index is 2.47. The second-order valence-electron chi connectivity index (χ2n) is 3.61. The fourth-order valence-electron chi connectivity index (χ4n) is 1.66. The largest absolute Gasteiger partial charge is 0.215 e. The predicted octanol–water partition coefficient (Wildman–Crippen LogP) is 2.00. The Morgan fingerprint density at radius 3 is 2.71 bits per heavy atom. The lowest BCUT2D eigenvalue weighted by Crippen LogP contribution is -2.04. The van der Waals surface area contributed by atoms with Gasteiger partial charge in [0.05, 0.1) is 11.4 Å². The number of rotatable bonds is 3. The van der Waals surface area contributed by atoms with Crippen LogP contribution in [0, 0.1) is 26.2 Å². The number of aromatic nitrogens is 4. The van der Waals surface area contributed by atoms with Crippen LogP contribution in [0.2, 0.25) is 0 Å². The lowest BCUT2D eigenvalue weighted by atomic mass is 10.1. The molecule has 0 amide bonds. The topological polar surface area (TPSA) is 43.6 Å². The molecule has 1 heterocycles. The zero-order chi connectivity index (χ0) is 12.3. The second kappa shape index (κ2) is 5.02. The summed E-state index contributed by atoms with van der Waals surface area (Å²) in [4.78, 5) is 0. The van der Waals surface area contributed by atoms with Gasteiger partial charge < -0.3 is 0 Å². The molecule has 0 aliphatic heterocycles. The summed E-state index contributed by atoms with van der Waals surface area (Å²) >= 11 is 1.46. The Kier molecular flexibility index (Phi) is 3.45. The monoisotopic (exact) mass is 244 g/mol. The minimum Gasteiger partial charge on any atom is -0.187 e. The molecule has 4 nitrogen and oxygen atoms in total. The van der Waals surface area contributed by atoms with E-state index in [2.05, 4.69) is 21.4 Å². The number of hydrogen-bond donors (Lipinski definition) is 0. The van der Waals surface area contributed by atoms with Crippen LogP contribution in [-0.2, 0) is 0 Å². The molecule has 17 heavy (non-hydrogen) atoms. The highest BCUT2D eigenvalue weighted by atomic mass is 32.2. The van der Waals surface area contributed by atoms with Crippen LogP contribution in [-0.4, -0.2) is 26.0 Å². The Morgan fingerprint density at radius 1 is 1.35 bits per heavy atom. The molecule has 0 radical (unpaired) electrons. The summed E-state index contributed by atoms with van der Waals surface area (Å²) in [5, 5.41) is 12.4. The smallest absolute Gasteiger partial charge is 0.187 e. The fraction of sp³-hybridized carbons (Fsp3) is 0.250. The Morgan fingerprint density at radius 2 is 2.06 bits per heavy atom. The van der Waals surface area contributed by atoms with Gasteiger partial charge in [0.25, 0.3) is 0 Å². The van der Waals surface area contributed by atoms with Crippen LogP contribution >= 0.6 is 11.8 Å². The van der Waals surface area contributed by atoms with Gasteiger partial charge in [-0.15, -0.1) is 11.5 Å². The van der Waals surface area contributed by atoms with E-state index < -0.39 is 0 Å². The van der Waals surface area contributed by atoms with Gasteiger partial charge in [0.15, 0.2) is 0 Å². The van der Waals surface area contributed by atoms with Crippen molar-refractivity contribution in [2.24, 2.45) is 0 Å². The first-order valence-corrected chi connectivity index (χ1v) is 6.14. The summed E-state index contributed by atoms with van der Waals surface area (Å²) in [5.74, 6) is 3.13. The SMILES string of the molecule is C#CCSc1nnnn1-c1c(C)cccc1C. The molecule has 0 spiro atoms. The highest BCUT2D eigenvalue weighted by Gasteiger charge is 2.12. The number of hydrogen-bond acceptors (Lipinski definition) is 4. The molecule has 2 aromatic rings. The van der Waals surface area contributed by atoms with Crippen LogP contribution in [0.1, 0.15) is 11.1 Å². The Hall–Kier alpha value is -1.80. The maximum absolute atomic E-state index is 5.24. The average molecular weight is 244 g/mol. The Labute approximate surface area is 104 Å². The van der Waals surface area contributed by atoms with Gasteiger partial charge in [-0.2, -0.15) is 4.68 Å². The van der Waals surface area contributed by atoms with Crippen LogP contribution < -0.4 is 0 Å². The van der Waals surface area contributed by atoms with Crippen molar-refractivity contribution in [1.29, 1.82) is 0 Å². The highest BCUT2D eigenvalue weighted by Crippen LogP contribution is 2.22. The standard InChI is InChI=1S/C12H12N4S/c1-4-8-17-12-13-14-15-16(12)11-9(2)6-5-7-10(11)3/h1,5-7H,8H2,2-3H3. The first-order chi connectivity index (χ1) is 8.24. The van der Waals surface area contributed by atoms with Gasteiger partial charge >= 0.3 is 0 Å². The maximum atomic E-state index is 5.24. The zero-order valence-electron chi connectivity index (χ0n) is 9.71. The molecule has 0 saturated carbocycles. The summed E-state index contributed by atoms with van der Waals surface area (Å²) in [7, 11) is 0. The lowest BCUT2D eigenvalue weighted by Gasteiger charge is -2.09. The first-order valence-electron chi connectivity index (χ1n) is 5.15. The molecular weight excluding hydrogens is 232 g/mol. The minimum atomic E-state index is 0.561. The van der Waals surface area contributed by atoms with E-state index in [9.17, 15) is 0 Å². The predicted molar refractivity (Wildman–Crippen MR) is 68.2 cm³/mol.